The molecule has 2 rings (SSSR count). The number of aryl methyl sites for hydroxylation is 1. The molecule has 0 unspecified atom stereocenters. The molecule has 6 heteroatoms. The third-order valence-electron chi connectivity index (χ3n) is 4.21. The summed E-state index contributed by atoms with van der Waals surface area (Å²) in [5.74, 6) is -0.843. The summed E-state index contributed by atoms with van der Waals surface area (Å²) in [6.45, 7) is 8.67. The molecule has 0 aromatic heterocycles. The summed E-state index contributed by atoms with van der Waals surface area (Å²) in [4.78, 5) is 25.6. The Labute approximate surface area is 149 Å². The van der Waals surface area contributed by atoms with Crippen molar-refractivity contribution in [2.75, 3.05) is 13.1 Å². The van der Waals surface area contributed by atoms with Gasteiger partial charge in [0.05, 0.1) is 0 Å². The highest BCUT2D eigenvalue weighted by Gasteiger charge is 2.32. The second-order valence-electron chi connectivity index (χ2n) is 7.61. The van der Waals surface area contributed by atoms with E-state index in [1.54, 1.807) is 0 Å². The Balaban J connectivity index is 1.95. The Bertz CT molecular complexity index is 616. The van der Waals surface area contributed by atoms with Crippen LogP contribution in [0.15, 0.2) is 24.3 Å². The van der Waals surface area contributed by atoms with Crippen molar-refractivity contribution in [3.05, 3.63) is 35.4 Å². The maximum absolute atomic E-state index is 11.9. The first-order valence-corrected chi connectivity index (χ1v) is 8.68. The number of hydrogen-bond donors (Lipinski definition) is 2. The zero-order valence-electron chi connectivity index (χ0n) is 15.4. The number of aliphatic carboxylic acids is 1. The molecule has 1 aliphatic rings. The Morgan fingerprint density at radius 3 is 2.44 bits per heavy atom. The molecule has 1 heterocycles. The van der Waals surface area contributed by atoms with Gasteiger partial charge in [-0.15, -0.1) is 0 Å². The minimum absolute atomic E-state index is 0.0121. The molecule has 1 atom stereocenters. The number of amides is 1. The fourth-order valence-corrected chi connectivity index (χ4v) is 3.13. The molecule has 1 aromatic rings. The number of nitrogens with one attached hydrogen (secondary N) is 1. The van der Waals surface area contributed by atoms with Gasteiger partial charge in [-0.3, -0.25) is 9.69 Å². The first-order valence-electron chi connectivity index (χ1n) is 8.68. The van der Waals surface area contributed by atoms with Crippen LogP contribution in [-0.2, 0) is 9.53 Å². The van der Waals surface area contributed by atoms with E-state index in [0.29, 0.717) is 25.9 Å². The average Bonchev–Trinajstić information content (AvgIpc) is 2.47. The van der Waals surface area contributed by atoms with Gasteiger partial charge in [-0.05, 0) is 46.1 Å². The number of ether oxygens (including phenoxy) is 1. The number of carboxylic acid groups (broad SMARTS) is 1. The summed E-state index contributed by atoms with van der Waals surface area (Å²) in [6.07, 6.45) is 0.989. The standard InChI is InChI=1S/C19H28N2O4/c1-13-6-5-7-14(12-13)16(17(22)23)21-10-8-15(9-11-21)20-18(24)25-19(2,3)4/h5-7,12,15-16H,8-11H2,1-4H3,(H,20,24)(H,22,23)/t16-/m0/s1. The fourth-order valence-electron chi connectivity index (χ4n) is 3.13. The fraction of sp³-hybridized carbons (Fsp3) is 0.579. The van der Waals surface area contributed by atoms with Gasteiger partial charge in [0.15, 0.2) is 0 Å². The van der Waals surface area contributed by atoms with Crippen LogP contribution in [0.5, 0.6) is 0 Å². The molecule has 0 aliphatic carbocycles. The molecule has 0 saturated carbocycles. The number of nitrogens with zero attached hydrogens (tertiary/aromatic N) is 1. The number of rotatable bonds is 4. The number of carbonyl (C=O) groups is 2. The lowest BCUT2D eigenvalue weighted by Crippen LogP contribution is -2.48. The summed E-state index contributed by atoms with van der Waals surface area (Å²) in [6, 6.07) is 6.98. The quantitative estimate of drug-likeness (QED) is 0.874. The van der Waals surface area contributed by atoms with Crippen LogP contribution < -0.4 is 5.32 Å². The van der Waals surface area contributed by atoms with Gasteiger partial charge in [-0.1, -0.05) is 29.8 Å². The maximum atomic E-state index is 11.9. The van der Waals surface area contributed by atoms with Gasteiger partial charge < -0.3 is 15.2 Å². The van der Waals surface area contributed by atoms with E-state index in [2.05, 4.69) is 5.32 Å². The smallest absolute Gasteiger partial charge is 0.407 e. The average molecular weight is 348 g/mol. The van der Waals surface area contributed by atoms with Gasteiger partial charge in [0.1, 0.15) is 11.6 Å². The largest absolute Gasteiger partial charge is 0.480 e. The summed E-state index contributed by atoms with van der Waals surface area (Å²) < 4.78 is 5.28. The van der Waals surface area contributed by atoms with Crippen LogP contribution in [0.3, 0.4) is 0 Å². The number of hydrogen-bond acceptors (Lipinski definition) is 4. The van der Waals surface area contributed by atoms with Crippen LogP contribution in [0.4, 0.5) is 4.79 Å². The van der Waals surface area contributed by atoms with E-state index in [1.165, 1.54) is 0 Å². The lowest BCUT2D eigenvalue weighted by Gasteiger charge is -2.36. The van der Waals surface area contributed by atoms with E-state index in [-0.39, 0.29) is 6.04 Å². The van der Waals surface area contributed by atoms with Crippen LogP contribution >= 0.6 is 0 Å². The minimum Gasteiger partial charge on any atom is -0.480 e. The van der Waals surface area contributed by atoms with E-state index in [9.17, 15) is 14.7 Å². The number of carboxylic acids is 1. The molecule has 6 nitrogen and oxygen atoms in total. The predicted molar refractivity (Wildman–Crippen MR) is 95.5 cm³/mol. The predicted octanol–water partition coefficient (Wildman–Crippen LogP) is 3.11. The van der Waals surface area contributed by atoms with Gasteiger partial charge in [0.2, 0.25) is 0 Å². The lowest BCUT2D eigenvalue weighted by molar-refractivity contribution is -0.144. The van der Waals surface area contributed by atoms with Crippen LogP contribution in [0, 0.1) is 6.92 Å². The van der Waals surface area contributed by atoms with Crippen molar-refractivity contribution in [3.63, 3.8) is 0 Å². The first-order chi connectivity index (χ1) is 11.7. The highest BCUT2D eigenvalue weighted by Crippen LogP contribution is 2.26. The summed E-state index contributed by atoms with van der Waals surface area (Å²) >= 11 is 0. The monoisotopic (exact) mass is 348 g/mol. The van der Waals surface area contributed by atoms with E-state index in [0.717, 1.165) is 11.1 Å². The molecule has 1 amide bonds. The molecule has 2 N–H and O–H groups in total. The molecule has 0 radical (unpaired) electrons. The Morgan fingerprint density at radius 1 is 1.28 bits per heavy atom. The number of alkyl carbamates (subject to hydrolysis) is 1. The summed E-state index contributed by atoms with van der Waals surface area (Å²) in [5, 5.41) is 12.6. The number of piperidine rings is 1. The Morgan fingerprint density at radius 2 is 1.92 bits per heavy atom. The second-order valence-corrected chi connectivity index (χ2v) is 7.61. The first kappa shape index (κ1) is 19.2. The third kappa shape index (κ3) is 5.74. The van der Waals surface area contributed by atoms with Crippen molar-refractivity contribution < 1.29 is 19.4 Å². The van der Waals surface area contributed by atoms with Gasteiger partial charge in [0.25, 0.3) is 0 Å². The number of likely N-dealkylation sites (tertiary alicyclic amines) is 1. The molecule has 1 fully saturated rings. The number of benzene rings is 1. The molecule has 1 aliphatic heterocycles. The minimum atomic E-state index is -0.843. The van der Waals surface area contributed by atoms with Crippen molar-refractivity contribution in [3.8, 4) is 0 Å². The molecule has 1 saturated heterocycles. The molecular weight excluding hydrogens is 320 g/mol. The van der Waals surface area contributed by atoms with Crippen molar-refractivity contribution >= 4 is 12.1 Å². The summed E-state index contributed by atoms with van der Waals surface area (Å²) in [5.41, 5.74) is 1.32. The SMILES string of the molecule is Cc1cccc([C@@H](C(=O)O)N2CCC(NC(=O)OC(C)(C)C)CC2)c1. The van der Waals surface area contributed by atoms with E-state index in [4.69, 9.17) is 4.74 Å². The van der Waals surface area contributed by atoms with Crippen LogP contribution in [0.1, 0.15) is 50.8 Å². The maximum Gasteiger partial charge on any atom is 0.407 e. The van der Waals surface area contributed by atoms with Crippen molar-refractivity contribution in [1.29, 1.82) is 0 Å². The second kappa shape index (κ2) is 7.87. The Kier molecular flexibility index (Phi) is 6.06. The van der Waals surface area contributed by atoms with Crippen molar-refractivity contribution in [2.24, 2.45) is 0 Å². The number of carbonyl (C=O) groups excluding carboxylic acids is 1. The van der Waals surface area contributed by atoms with E-state index in [1.807, 2.05) is 56.9 Å². The van der Waals surface area contributed by atoms with Gasteiger partial charge in [-0.2, -0.15) is 0 Å². The molecule has 1 aromatic carbocycles. The third-order valence-corrected chi connectivity index (χ3v) is 4.21. The normalized spacial score (nSPS) is 17.8. The van der Waals surface area contributed by atoms with Gasteiger partial charge >= 0.3 is 12.1 Å². The summed E-state index contributed by atoms with van der Waals surface area (Å²) in [7, 11) is 0. The zero-order valence-corrected chi connectivity index (χ0v) is 15.4. The van der Waals surface area contributed by atoms with Crippen LogP contribution in [0.25, 0.3) is 0 Å². The molecule has 0 bridgehead atoms. The van der Waals surface area contributed by atoms with Gasteiger partial charge in [-0.25, -0.2) is 4.79 Å². The lowest BCUT2D eigenvalue weighted by atomic mass is 9.98. The molecular formula is C19H28N2O4. The van der Waals surface area contributed by atoms with E-state index < -0.39 is 23.7 Å². The molecule has 0 spiro atoms. The Hall–Kier alpha value is -2.08. The van der Waals surface area contributed by atoms with E-state index >= 15 is 0 Å². The van der Waals surface area contributed by atoms with Crippen LogP contribution in [0.2, 0.25) is 0 Å². The molecule has 25 heavy (non-hydrogen) atoms. The molecule has 138 valence electrons. The van der Waals surface area contributed by atoms with Crippen molar-refractivity contribution in [1.82, 2.24) is 10.2 Å². The van der Waals surface area contributed by atoms with Gasteiger partial charge in [0, 0.05) is 19.1 Å². The highest BCUT2D eigenvalue weighted by molar-refractivity contribution is 5.75. The van der Waals surface area contributed by atoms with Crippen LogP contribution in [-0.4, -0.2) is 46.8 Å². The highest BCUT2D eigenvalue weighted by atomic mass is 16.6. The zero-order chi connectivity index (χ0) is 18.6. The van der Waals surface area contributed by atoms with Crippen molar-refractivity contribution in [2.45, 2.75) is 58.2 Å². The topological polar surface area (TPSA) is 78.9 Å².